The van der Waals surface area contributed by atoms with Gasteiger partial charge in [-0.05, 0) is 12.1 Å². The zero-order valence-corrected chi connectivity index (χ0v) is 7.91. The summed E-state index contributed by atoms with van der Waals surface area (Å²) in [4.78, 5) is 12.7. The highest BCUT2D eigenvalue weighted by Gasteiger charge is 2.12. The van der Waals surface area contributed by atoms with E-state index in [1.807, 2.05) is 0 Å². The van der Waals surface area contributed by atoms with Gasteiger partial charge in [0.2, 0.25) is 0 Å². The second-order valence-electron chi connectivity index (χ2n) is 2.42. The van der Waals surface area contributed by atoms with Crippen molar-refractivity contribution in [3.63, 3.8) is 0 Å². The standard InChI is InChI=1S/C7H9N3O3S/c8-10-14(12,13)9-7(11)6-4-2-1-3-5-6/h1-5,10H,8H2,(H,9,11). The number of carbonyl (C=O) groups is 1. The molecule has 1 rings (SSSR count). The number of hydrogen-bond donors (Lipinski definition) is 3. The lowest BCUT2D eigenvalue weighted by Gasteiger charge is -2.03. The molecule has 1 aromatic carbocycles. The lowest BCUT2D eigenvalue weighted by molar-refractivity contribution is 0.0981. The van der Waals surface area contributed by atoms with Gasteiger partial charge in [0.05, 0.1) is 0 Å². The predicted octanol–water partition coefficient (Wildman–Crippen LogP) is -0.875. The van der Waals surface area contributed by atoms with Gasteiger partial charge >= 0.3 is 10.2 Å². The highest BCUT2D eigenvalue weighted by Crippen LogP contribution is 1.97. The SMILES string of the molecule is NNS(=O)(=O)NC(=O)c1ccccc1. The van der Waals surface area contributed by atoms with Gasteiger partial charge in [0.15, 0.2) is 0 Å². The molecule has 0 aromatic heterocycles. The summed E-state index contributed by atoms with van der Waals surface area (Å²) in [5, 5.41) is 0. The Labute approximate surface area is 81.3 Å². The third-order valence-corrected chi connectivity index (χ3v) is 2.18. The van der Waals surface area contributed by atoms with E-state index in [2.05, 4.69) is 5.84 Å². The molecule has 14 heavy (non-hydrogen) atoms. The number of hydrazine groups is 1. The minimum absolute atomic E-state index is 0.242. The molecule has 0 fully saturated rings. The Morgan fingerprint density at radius 1 is 1.21 bits per heavy atom. The molecule has 76 valence electrons. The van der Waals surface area contributed by atoms with Gasteiger partial charge in [-0.1, -0.05) is 18.2 Å². The van der Waals surface area contributed by atoms with Gasteiger partial charge in [0.1, 0.15) is 0 Å². The third-order valence-electron chi connectivity index (χ3n) is 1.42. The number of rotatable bonds is 3. The van der Waals surface area contributed by atoms with Crippen molar-refractivity contribution in [2.24, 2.45) is 5.84 Å². The minimum atomic E-state index is -3.94. The molecule has 1 aromatic rings. The molecule has 0 aliphatic heterocycles. The monoisotopic (exact) mass is 215 g/mol. The minimum Gasteiger partial charge on any atom is -0.268 e. The molecule has 0 aliphatic carbocycles. The molecule has 0 spiro atoms. The molecule has 0 radical (unpaired) electrons. The van der Waals surface area contributed by atoms with E-state index in [1.54, 1.807) is 22.9 Å². The van der Waals surface area contributed by atoms with Gasteiger partial charge in [-0.2, -0.15) is 8.42 Å². The van der Waals surface area contributed by atoms with E-state index in [0.717, 1.165) is 0 Å². The number of amides is 1. The highest BCUT2D eigenvalue weighted by molar-refractivity contribution is 7.88. The molecule has 0 bridgehead atoms. The molecule has 6 nitrogen and oxygen atoms in total. The lowest BCUT2D eigenvalue weighted by atomic mass is 10.2. The molecule has 0 heterocycles. The van der Waals surface area contributed by atoms with Crippen molar-refractivity contribution >= 4 is 16.1 Å². The fourth-order valence-corrected chi connectivity index (χ4v) is 1.22. The molecule has 0 aliphatic rings. The maximum Gasteiger partial charge on any atom is 0.314 e. The molecule has 1 amide bonds. The average Bonchev–Trinajstić information content (AvgIpc) is 2.19. The Kier molecular flexibility index (Phi) is 3.18. The first kappa shape index (κ1) is 10.6. The van der Waals surface area contributed by atoms with Crippen molar-refractivity contribution in [1.29, 1.82) is 0 Å². The summed E-state index contributed by atoms with van der Waals surface area (Å²) in [5.74, 6) is 3.95. The average molecular weight is 215 g/mol. The zero-order chi connectivity index (χ0) is 10.6. The van der Waals surface area contributed by atoms with Crippen LogP contribution in [0.5, 0.6) is 0 Å². The van der Waals surface area contributed by atoms with Crippen molar-refractivity contribution < 1.29 is 13.2 Å². The maximum absolute atomic E-state index is 11.2. The summed E-state index contributed by atoms with van der Waals surface area (Å²) >= 11 is 0. The Morgan fingerprint density at radius 2 is 1.79 bits per heavy atom. The molecule has 0 atom stereocenters. The van der Waals surface area contributed by atoms with Gasteiger partial charge in [0.25, 0.3) is 5.91 Å². The quantitative estimate of drug-likeness (QED) is 0.450. The van der Waals surface area contributed by atoms with Crippen molar-refractivity contribution in [1.82, 2.24) is 9.55 Å². The molecular formula is C7H9N3O3S. The fourth-order valence-electron chi connectivity index (χ4n) is 0.800. The van der Waals surface area contributed by atoms with E-state index in [0.29, 0.717) is 0 Å². The molecule has 7 heteroatoms. The van der Waals surface area contributed by atoms with E-state index in [-0.39, 0.29) is 5.56 Å². The summed E-state index contributed by atoms with van der Waals surface area (Å²) < 4.78 is 23.3. The number of nitrogens with one attached hydrogen (secondary N) is 2. The van der Waals surface area contributed by atoms with Crippen LogP contribution in [-0.2, 0) is 10.2 Å². The van der Waals surface area contributed by atoms with E-state index in [9.17, 15) is 13.2 Å². The number of benzene rings is 1. The van der Waals surface area contributed by atoms with E-state index in [1.165, 1.54) is 17.0 Å². The summed E-state index contributed by atoms with van der Waals surface area (Å²) in [6.07, 6.45) is 0. The van der Waals surface area contributed by atoms with Crippen LogP contribution < -0.4 is 15.4 Å². The second kappa shape index (κ2) is 4.18. The van der Waals surface area contributed by atoms with Crippen LogP contribution in [-0.4, -0.2) is 14.3 Å². The lowest BCUT2D eigenvalue weighted by Crippen LogP contribution is -2.43. The first-order valence-corrected chi connectivity index (χ1v) is 5.13. The Morgan fingerprint density at radius 3 is 2.29 bits per heavy atom. The Hall–Kier alpha value is -1.44. The van der Waals surface area contributed by atoms with Crippen LogP contribution >= 0.6 is 0 Å². The zero-order valence-electron chi connectivity index (χ0n) is 7.10. The first-order valence-electron chi connectivity index (χ1n) is 3.65. The van der Waals surface area contributed by atoms with Crippen LogP contribution in [0, 0.1) is 0 Å². The molecular weight excluding hydrogens is 206 g/mol. The topological polar surface area (TPSA) is 101 Å². The second-order valence-corrected chi connectivity index (χ2v) is 3.87. The van der Waals surface area contributed by atoms with Crippen molar-refractivity contribution in [2.75, 3.05) is 0 Å². The fraction of sp³-hybridized carbons (Fsp3) is 0. The predicted molar refractivity (Wildman–Crippen MR) is 50.2 cm³/mol. The van der Waals surface area contributed by atoms with Crippen LogP contribution in [0.4, 0.5) is 0 Å². The summed E-state index contributed by atoms with van der Waals surface area (Å²) in [6, 6.07) is 7.93. The molecule has 0 saturated heterocycles. The normalized spacial score (nSPS) is 10.9. The smallest absolute Gasteiger partial charge is 0.268 e. The molecule has 4 N–H and O–H groups in total. The summed E-state index contributed by atoms with van der Waals surface area (Å²) in [5.41, 5.74) is 0.242. The summed E-state index contributed by atoms with van der Waals surface area (Å²) in [6.45, 7) is 0. The van der Waals surface area contributed by atoms with Crippen LogP contribution in [0.25, 0.3) is 0 Å². The Balaban J connectivity index is 2.79. The van der Waals surface area contributed by atoms with Crippen molar-refractivity contribution in [2.45, 2.75) is 0 Å². The van der Waals surface area contributed by atoms with Crippen molar-refractivity contribution in [3.8, 4) is 0 Å². The van der Waals surface area contributed by atoms with Gasteiger partial charge in [0, 0.05) is 5.56 Å². The highest BCUT2D eigenvalue weighted by atomic mass is 32.2. The van der Waals surface area contributed by atoms with Gasteiger partial charge in [-0.3, -0.25) is 10.6 Å². The van der Waals surface area contributed by atoms with Gasteiger partial charge < -0.3 is 0 Å². The summed E-state index contributed by atoms with van der Waals surface area (Å²) in [7, 11) is -3.94. The van der Waals surface area contributed by atoms with E-state index < -0.39 is 16.1 Å². The largest absolute Gasteiger partial charge is 0.314 e. The van der Waals surface area contributed by atoms with E-state index >= 15 is 0 Å². The van der Waals surface area contributed by atoms with Gasteiger partial charge in [-0.25, -0.2) is 4.72 Å². The number of carbonyl (C=O) groups excluding carboxylic acids is 1. The Bertz CT molecular complexity index is 415. The van der Waals surface area contributed by atoms with Crippen LogP contribution in [0.2, 0.25) is 0 Å². The van der Waals surface area contributed by atoms with Crippen LogP contribution in [0.3, 0.4) is 0 Å². The number of nitrogens with two attached hydrogens (primary N) is 1. The first-order chi connectivity index (χ1) is 6.55. The molecule has 0 saturated carbocycles. The van der Waals surface area contributed by atoms with Crippen molar-refractivity contribution in [3.05, 3.63) is 35.9 Å². The van der Waals surface area contributed by atoms with Gasteiger partial charge in [-0.15, -0.1) is 4.83 Å². The third kappa shape index (κ3) is 2.80. The molecule has 0 unspecified atom stereocenters. The maximum atomic E-state index is 11.2. The van der Waals surface area contributed by atoms with Crippen LogP contribution in [0.1, 0.15) is 10.4 Å². The van der Waals surface area contributed by atoms with E-state index in [4.69, 9.17) is 0 Å². The van der Waals surface area contributed by atoms with Crippen LogP contribution in [0.15, 0.2) is 30.3 Å². The number of hydrogen-bond acceptors (Lipinski definition) is 4.